The summed E-state index contributed by atoms with van der Waals surface area (Å²) in [7, 11) is 0. The molecule has 0 unspecified atom stereocenters. The lowest BCUT2D eigenvalue weighted by Crippen LogP contribution is -2.48. The summed E-state index contributed by atoms with van der Waals surface area (Å²) in [6, 6.07) is 3.37. The van der Waals surface area contributed by atoms with Crippen molar-refractivity contribution in [1.29, 1.82) is 0 Å². The number of rotatable bonds is 5. The van der Waals surface area contributed by atoms with Gasteiger partial charge in [0.05, 0.1) is 23.8 Å². The van der Waals surface area contributed by atoms with Gasteiger partial charge < -0.3 is 10.6 Å². The maximum Gasteiger partial charge on any atom is 0.288 e. The fourth-order valence-corrected chi connectivity index (χ4v) is 4.54. The first kappa shape index (κ1) is 23.5. The van der Waals surface area contributed by atoms with Crippen LogP contribution >= 0.6 is 23.2 Å². The van der Waals surface area contributed by atoms with E-state index in [9.17, 15) is 9.59 Å². The molecule has 1 fully saturated rings. The Morgan fingerprint density at radius 3 is 2.58 bits per heavy atom. The Labute approximate surface area is 192 Å². The second-order valence-electron chi connectivity index (χ2n) is 9.11. The average Bonchev–Trinajstić information content (AvgIpc) is 2.72. The lowest BCUT2D eigenvalue weighted by molar-refractivity contribution is -0.117. The minimum absolute atomic E-state index is 0.0355. The third-order valence-corrected chi connectivity index (χ3v) is 7.69. The van der Waals surface area contributed by atoms with E-state index in [1.54, 1.807) is 12.1 Å². The van der Waals surface area contributed by atoms with Gasteiger partial charge in [0.25, 0.3) is 5.56 Å². The standard InChI is InChI=1S/C22H29Cl2N5O2/c1-12-8-16(13(2)14(3)22(12,4)5)28-17-10-26-29(21(31)20(17)24)11-19(30)27-15-6-7-18(23)25-9-15/h6-7,9-10,12-14,16,28H,8,11H2,1-5H3,(H,27,30)/t12-,13+,14+,16+/m0/s1. The summed E-state index contributed by atoms with van der Waals surface area (Å²) in [6.07, 6.45) is 3.93. The molecule has 2 aromatic heterocycles. The number of nitrogens with zero attached hydrogens (tertiary/aromatic N) is 3. The Kier molecular flexibility index (Phi) is 6.96. The van der Waals surface area contributed by atoms with Crippen molar-refractivity contribution in [1.82, 2.24) is 14.8 Å². The third-order valence-electron chi connectivity index (χ3n) is 7.10. The van der Waals surface area contributed by atoms with Crippen LogP contribution in [-0.2, 0) is 11.3 Å². The van der Waals surface area contributed by atoms with Crippen LogP contribution in [0, 0.1) is 23.2 Å². The predicted molar refractivity (Wildman–Crippen MR) is 125 cm³/mol. The lowest BCUT2D eigenvalue weighted by Gasteiger charge is -2.50. The van der Waals surface area contributed by atoms with Crippen molar-refractivity contribution < 1.29 is 4.79 Å². The molecule has 0 bridgehead atoms. The summed E-state index contributed by atoms with van der Waals surface area (Å²) in [5, 5.41) is 10.6. The zero-order chi connectivity index (χ0) is 22.9. The van der Waals surface area contributed by atoms with E-state index in [0.717, 1.165) is 11.1 Å². The second-order valence-corrected chi connectivity index (χ2v) is 9.87. The van der Waals surface area contributed by atoms with E-state index in [4.69, 9.17) is 23.2 Å². The zero-order valence-electron chi connectivity index (χ0n) is 18.4. The van der Waals surface area contributed by atoms with Gasteiger partial charge in [-0.3, -0.25) is 9.59 Å². The molecule has 0 aromatic carbocycles. The van der Waals surface area contributed by atoms with Gasteiger partial charge in [-0.05, 0) is 41.7 Å². The minimum Gasteiger partial charge on any atom is -0.379 e. The van der Waals surface area contributed by atoms with Gasteiger partial charge in [-0.1, -0.05) is 57.8 Å². The highest BCUT2D eigenvalue weighted by molar-refractivity contribution is 6.33. The number of carbonyl (C=O) groups excluding carboxylic acids is 1. The summed E-state index contributed by atoms with van der Waals surface area (Å²) in [5.41, 5.74) is 0.710. The van der Waals surface area contributed by atoms with Gasteiger partial charge in [0.2, 0.25) is 5.91 Å². The number of nitrogens with one attached hydrogen (secondary N) is 2. The Balaban J connectivity index is 1.71. The van der Waals surface area contributed by atoms with Crippen LogP contribution < -0.4 is 16.2 Å². The van der Waals surface area contributed by atoms with Crippen LogP contribution in [-0.4, -0.2) is 26.7 Å². The lowest BCUT2D eigenvalue weighted by atomic mass is 9.58. The maximum absolute atomic E-state index is 12.7. The molecule has 0 spiro atoms. The highest BCUT2D eigenvalue weighted by Gasteiger charge is 2.43. The Bertz CT molecular complexity index is 1010. The minimum atomic E-state index is -0.513. The van der Waals surface area contributed by atoms with Gasteiger partial charge in [0, 0.05) is 6.04 Å². The van der Waals surface area contributed by atoms with Crippen molar-refractivity contribution in [3.8, 4) is 0 Å². The summed E-state index contributed by atoms with van der Waals surface area (Å²) in [6.45, 7) is 11.1. The SMILES string of the molecule is C[C@@H]1[C@@H](C)C(C)(C)[C@@H](C)C[C@H]1Nc1cnn(CC(=O)Nc2ccc(Cl)nc2)c(=O)c1Cl. The summed E-state index contributed by atoms with van der Waals surface area (Å²) in [4.78, 5) is 28.9. The van der Waals surface area contributed by atoms with Crippen LogP contribution in [0.1, 0.15) is 41.0 Å². The molecule has 9 heteroatoms. The normalized spacial score (nSPS) is 25.1. The van der Waals surface area contributed by atoms with E-state index in [1.807, 2.05) is 0 Å². The first-order chi connectivity index (χ1) is 14.5. The molecule has 0 aliphatic heterocycles. The Morgan fingerprint density at radius 2 is 1.94 bits per heavy atom. The smallest absolute Gasteiger partial charge is 0.288 e. The van der Waals surface area contributed by atoms with Crippen molar-refractivity contribution >= 4 is 40.5 Å². The number of hydrogen-bond acceptors (Lipinski definition) is 5. The fraction of sp³-hybridized carbons (Fsp3) is 0.545. The van der Waals surface area contributed by atoms with Crippen molar-refractivity contribution in [3.05, 3.63) is 45.1 Å². The average molecular weight is 466 g/mol. The zero-order valence-corrected chi connectivity index (χ0v) is 20.0. The summed E-state index contributed by atoms with van der Waals surface area (Å²) in [5.74, 6) is 1.02. The topological polar surface area (TPSA) is 88.9 Å². The first-order valence-electron chi connectivity index (χ1n) is 10.4. The molecule has 3 rings (SSSR count). The van der Waals surface area contributed by atoms with Gasteiger partial charge in [0.1, 0.15) is 16.7 Å². The maximum atomic E-state index is 12.7. The van der Waals surface area contributed by atoms with E-state index in [0.29, 0.717) is 34.3 Å². The number of aromatic nitrogens is 3. The van der Waals surface area contributed by atoms with E-state index in [2.05, 4.69) is 55.3 Å². The van der Waals surface area contributed by atoms with Crippen LogP contribution in [0.2, 0.25) is 10.2 Å². The van der Waals surface area contributed by atoms with Gasteiger partial charge in [-0.2, -0.15) is 5.10 Å². The van der Waals surface area contributed by atoms with Gasteiger partial charge in [-0.25, -0.2) is 9.67 Å². The number of anilines is 2. The van der Waals surface area contributed by atoms with Crippen LogP contribution in [0.25, 0.3) is 0 Å². The molecule has 1 aliphatic carbocycles. The summed E-state index contributed by atoms with van der Waals surface area (Å²) >= 11 is 12.1. The molecule has 2 heterocycles. The van der Waals surface area contributed by atoms with E-state index >= 15 is 0 Å². The molecule has 7 nitrogen and oxygen atoms in total. The molecular formula is C22H29Cl2N5O2. The Hall–Kier alpha value is -2.12. The van der Waals surface area contributed by atoms with Crippen molar-refractivity contribution in [2.75, 3.05) is 10.6 Å². The van der Waals surface area contributed by atoms with Crippen LogP contribution in [0.4, 0.5) is 11.4 Å². The molecular weight excluding hydrogens is 437 g/mol. The van der Waals surface area contributed by atoms with Gasteiger partial charge in [0.15, 0.2) is 0 Å². The fourth-order valence-electron chi connectivity index (χ4n) is 4.23. The van der Waals surface area contributed by atoms with Crippen molar-refractivity contribution in [2.45, 2.75) is 53.6 Å². The molecule has 0 radical (unpaired) electrons. The van der Waals surface area contributed by atoms with E-state index in [-0.39, 0.29) is 23.0 Å². The highest BCUT2D eigenvalue weighted by atomic mass is 35.5. The van der Waals surface area contributed by atoms with Crippen molar-refractivity contribution in [3.63, 3.8) is 0 Å². The van der Waals surface area contributed by atoms with Crippen LogP contribution in [0.15, 0.2) is 29.3 Å². The third kappa shape index (κ3) is 5.04. The molecule has 168 valence electrons. The quantitative estimate of drug-likeness (QED) is 0.624. The van der Waals surface area contributed by atoms with E-state index in [1.165, 1.54) is 12.4 Å². The Morgan fingerprint density at radius 1 is 1.23 bits per heavy atom. The predicted octanol–water partition coefficient (Wildman–Crippen LogP) is 4.70. The molecule has 1 amide bonds. The van der Waals surface area contributed by atoms with Crippen LogP contribution in [0.3, 0.4) is 0 Å². The van der Waals surface area contributed by atoms with E-state index < -0.39 is 11.5 Å². The number of hydrogen-bond donors (Lipinski definition) is 2. The largest absolute Gasteiger partial charge is 0.379 e. The molecule has 1 saturated carbocycles. The number of pyridine rings is 1. The first-order valence-corrected chi connectivity index (χ1v) is 11.2. The highest BCUT2D eigenvalue weighted by Crippen LogP contribution is 2.48. The number of amides is 1. The molecule has 2 aromatic rings. The molecule has 2 N–H and O–H groups in total. The monoisotopic (exact) mass is 465 g/mol. The summed E-state index contributed by atoms with van der Waals surface area (Å²) < 4.78 is 1.05. The van der Waals surface area contributed by atoms with Crippen LogP contribution in [0.5, 0.6) is 0 Å². The number of halogens is 2. The molecule has 31 heavy (non-hydrogen) atoms. The molecule has 1 aliphatic rings. The molecule has 0 saturated heterocycles. The number of carbonyl (C=O) groups is 1. The van der Waals surface area contributed by atoms with Gasteiger partial charge in [-0.15, -0.1) is 0 Å². The molecule has 4 atom stereocenters. The van der Waals surface area contributed by atoms with Crippen molar-refractivity contribution in [2.24, 2.45) is 23.2 Å². The van der Waals surface area contributed by atoms with Gasteiger partial charge >= 0.3 is 0 Å². The second kappa shape index (κ2) is 9.17.